The Hall–Kier alpha value is -2.92. The van der Waals surface area contributed by atoms with Gasteiger partial charge in [0.15, 0.2) is 0 Å². The number of nitrogens with zero attached hydrogens (tertiary/aromatic N) is 2. The highest BCUT2D eigenvalue weighted by Gasteiger charge is 2.34. The first-order chi connectivity index (χ1) is 20.0. The van der Waals surface area contributed by atoms with Crippen molar-refractivity contribution in [3.05, 3.63) is 121 Å². The molecule has 0 aliphatic rings. The third-order valence-electron chi connectivity index (χ3n) is 7.51. The monoisotopic (exact) mass is 592 g/mol. The summed E-state index contributed by atoms with van der Waals surface area (Å²) in [4.78, 5) is 0. The summed E-state index contributed by atoms with van der Waals surface area (Å²) in [6, 6.07) is 43.8. The fraction of sp³-hybridized carbons (Fsp3) is 0.316. The van der Waals surface area contributed by atoms with Gasteiger partial charge in [0.2, 0.25) is 0 Å². The summed E-state index contributed by atoms with van der Waals surface area (Å²) in [6.45, 7) is 18.4. The lowest BCUT2D eigenvalue weighted by molar-refractivity contribution is 0.569. The van der Waals surface area contributed by atoms with Crippen LogP contribution in [-0.4, -0.2) is 22.7 Å². The molecule has 0 bridgehead atoms. The van der Waals surface area contributed by atoms with Crippen molar-refractivity contribution >= 4 is 48.5 Å². The van der Waals surface area contributed by atoms with E-state index in [1.165, 1.54) is 21.2 Å². The van der Waals surface area contributed by atoms with Crippen LogP contribution in [0.25, 0.3) is 0 Å². The van der Waals surface area contributed by atoms with E-state index >= 15 is 0 Å². The second-order valence-electron chi connectivity index (χ2n) is 12.9. The third-order valence-corrected chi connectivity index (χ3v) is 13.0. The van der Waals surface area contributed by atoms with Crippen molar-refractivity contribution in [1.82, 2.24) is 0 Å². The summed E-state index contributed by atoms with van der Waals surface area (Å²) in [7, 11) is -1.34. The molecule has 42 heavy (non-hydrogen) atoms. The molecule has 0 fully saturated rings. The van der Waals surface area contributed by atoms with Gasteiger partial charge in [0, 0.05) is 22.1 Å². The predicted molar refractivity (Wildman–Crippen MR) is 191 cm³/mol. The van der Waals surface area contributed by atoms with Crippen LogP contribution in [0.15, 0.2) is 132 Å². The molecule has 0 heterocycles. The second-order valence-corrected chi connectivity index (χ2v) is 18.0. The van der Waals surface area contributed by atoms with E-state index < -0.39 is 15.8 Å². The molecule has 0 amide bonds. The van der Waals surface area contributed by atoms with Gasteiger partial charge in [0.25, 0.3) is 0 Å². The molecule has 0 saturated heterocycles. The van der Waals surface area contributed by atoms with Gasteiger partial charge < -0.3 is 0 Å². The zero-order chi connectivity index (χ0) is 30.3. The zero-order valence-electron chi connectivity index (χ0n) is 26.5. The molecule has 0 aromatic heterocycles. The van der Waals surface area contributed by atoms with Gasteiger partial charge in [-0.25, -0.2) is 0 Å². The van der Waals surface area contributed by atoms with Gasteiger partial charge in [-0.2, -0.15) is 10.2 Å². The first-order valence-corrected chi connectivity index (χ1v) is 17.8. The second kappa shape index (κ2) is 14.0. The van der Waals surface area contributed by atoms with Gasteiger partial charge in [-0.1, -0.05) is 177 Å². The summed E-state index contributed by atoms with van der Waals surface area (Å²) >= 11 is 0. The largest absolute Gasteiger partial charge is 0.159 e. The predicted octanol–water partition coefficient (Wildman–Crippen LogP) is 8.92. The van der Waals surface area contributed by atoms with Crippen LogP contribution in [0.1, 0.15) is 55.4 Å². The van der Waals surface area contributed by atoms with Gasteiger partial charge in [0.05, 0.1) is 11.4 Å². The first-order valence-electron chi connectivity index (χ1n) is 14.9. The molecule has 4 heteroatoms. The lowest BCUT2D eigenvalue weighted by Gasteiger charge is -2.34. The lowest BCUT2D eigenvalue weighted by atomic mass is 9.87. The van der Waals surface area contributed by atoms with Crippen molar-refractivity contribution in [2.75, 3.05) is 0 Å². The zero-order valence-corrected chi connectivity index (χ0v) is 28.3. The summed E-state index contributed by atoms with van der Waals surface area (Å²) in [5.74, 6) is 0. The molecule has 0 unspecified atom stereocenters. The molecule has 4 aromatic carbocycles. The van der Waals surface area contributed by atoms with Gasteiger partial charge in [-0.15, -0.1) is 0 Å². The van der Waals surface area contributed by atoms with E-state index in [1.807, 2.05) is 0 Å². The maximum Gasteiger partial charge on any atom is 0.0536 e. The van der Waals surface area contributed by atoms with Crippen molar-refractivity contribution in [3.63, 3.8) is 0 Å². The third kappa shape index (κ3) is 7.92. The number of benzene rings is 4. The Balaban J connectivity index is 1.84. The number of hydrogen-bond donors (Lipinski definition) is 0. The van der Waals surface area contributed by atoms with Gasteiger partial charge in [-0.3, -0.25) is 0 Å². The average molecular weight is 593 g/mol. The van der Waals surface area contributed by atoms with Crippen molar-refractivity contribution in [1.29, 1.82) is 0 Å². The highest BCUT2D eigenvalue weighted by Crippen LogP contribution is 2.45. The van der Waals surface area contributed by atoms with E-state index in [2.05, 4.69) is 177 Å². The minimum Gasteiger partial charge on any atom is -0.159 e. The van der Waals surface area contributed by atoms with E-state index in [4.69, 9.17) is 10.2 Å². The molecule has 0 radical (unpaired) electrons. The Labute approximate surface area is 256 Å². The maximum absolute atomic E-state index is 5.26. The minimum atomic E-state index is -0.671. The summed E-state index contributed by atoms with van der Waals surface area (Å²) in [6.07, 6.45) is 0. The van der Waals surface area contributed by atoms with E-state index in [0.29, 0.717) is 0 Å². The molecule has 2 nitrogen and oxygen atoms in total. The number of rotatable bonds is 9. The minimum absolute atomic E-state index is 0.136. The van der Waals surface area contributed by atoms with Crippen molar-refractivity contribution in [2.24, 2.45) is 21.0 Å². The summed E-state index contributed by atoms with van der Waals surface area (Å²) < 4.78 is 0. The molecule has 2 atom stereocenters. The normalized spacial score (nSPS) is 14.7. The number of hydrogen-bond acceptors (Lipinski definition) is 2. The summed E-state index contributed by atoms with van der Waals surface area (Å²) in [5.41, 5.74) is 2.47. The van der Waals surface area contributed by atoms with E-state index in [9.17, 15) is 0 Å². The van der Waals surface area contributed by atoms with Crippen LogP contribution in [0.2, 0.25) is 0 Å². The Morgan fingerprint density at radius 2 is 0.643 bits per heavy atom. The highest BCUT2D eigenvalue weighted by atomic mass is 31.1. The van der Waals surface area contributed by atoms with Gasteiger partial charge >= 0.3 is 0 Å². The fourth-order valence-electron chi connectivity index (χ4n) is 5.62. The van der Waals surface area contributed by atoms with Crippen molar-refractivity contribution in [2.45, 2.75) is 66.7 Å². The Bertz CT molecular complexity index is 1260. The topological polar surface area (TPSA) is 24.7 Å². The van der Waals surface area contributed by atoms with Crippen LogP contribution in [0.5, 0.6) is 0 Å². The molecule has 0 saturated carbocycles. The molecular formula is C38H46N2P2. The maximum atomic E-state index is 5.26. The van der Waals surface area contributed by atoms with Crippen LogP contribution in [-0.2, 0) is 0 Å². The first kappa shape index (κ1) is 32.0. The van der Waals surface area contributed by atoms with E-state index in [1.54, 1.807) is 0 Å². The highest BCUT2D eigenvalue weighted by molar-refractivity contribution is 7.74. The van der Waals surface area contributed by atoms with Crippen LogP contribution >= 0.6 is 15.8 Å². The quantitative estimate of drug-likeness (QED) is 0.105. The Morgan fingerprint density at radius 1 is 0.429 bits per heavy atom. The van der Waals surface area contributed by atoms with E-state index in [-0.39, 0.29) is 22.1 Å². The molecule has 4 aromatic rings. The van der Waals surface area contributed by atoms with E-state index in [0.717, 1.165) is 11.4 Å². The Morgan fingerprint density at radius 3 is 0.833 bits per heavy atom. The van der Waals surface area contributed by atoms with Crippen LogP contribution in [0, 0.1) is 10.8 Å². The van der Waals surface area contributed by atoms with Crippen LogP contribution in [0.4, 0.5) is 0 Å². The van der Waals surface area contributed by atoms with Crippen molar-refractivity contribution in [3.8, 4) is 0 Å². The SMILES string of the molecule is C[C@@H](/C(=N\N=C(\[C@H](C)P(c1ccccc1)c1ccccc1)C(C)(C)C)C(C)(C)C)P(c1ccccc1)c1ccccc1. The fourth-order valence-corrected chi connectivity index (χ4v) is 11.3. The Kier molecular flexibility index (Phi) is 10.7. The molecule has 0 N–H and O–H groups in total. The lowest BCUT2D eigenvalue weighted by Crippen LogP contribution is -2.36. The molecule has 218 valence electrons. The van der Waals surface area contributed by atoms with Gasteiger partial charge in [0.1, 0.15) is 0 Å². The van der Waals surface area contributed by atoms with Crippen molar-refractivity contribution < 1.29 is 0 Å². The summed E-state index contributed by atoms with van der Waals surface area (Å²) in [5, 5.41) is 16.0. The molecule has 4 rings (SSSR count). The molecule has 0 aliphatic carbocycles. The van der Waals surface area contributed by atoms with Crippen LogP contribution in [0.3, 0.4) is 0 Å². The smallest absolute Gasteiger partial charge is 0.0536 e. The molecule has 0 aliphatic heterocycles. The van der Waals surface area contributed by atoms with Gasteiger partial charge in [-0.05, 0) is 37.1 Å². The molecular weight excluding hydrogens is 546 g/mol. The molecule has 0 spiro atoms. The standard InChI is InChI=1S/C38H46N2P2/c1-29(41(31-21-13-9-14-22-31)32-23-15-10-16-24-32)35(37(3,4)5)39-40-36(38(6,7)8)30(2)42(33-25-17-11-18-26-33)34-27-19-12-20-28-34/h9-30H,1-8H3/b39-35-,40-36+/t29-,30-/m0/s1. The van der Waals surface area contributed by atoms with Crippen LogP contribution < -0.4 is 21.2 Å². The average Bonchev–Trinajstić information content (AvgIpc) is 2.96.